The maximum Gasteiger partial charge on any atom is 0.205 e. The first-order valence-electron chi connectivity index (χ1n) is 5.94. The van der Waals surface area contributed by atoms with Crippen molar-refractivity contribution in [2.45, 2.75) is 0 Å². The Labute approximate surface area is 113 Å². The van der Waals surface area contributed by atoms with E-state index >= 15 is 0 Å². The smallest absolute Gasteiger partial charge is 0.205 e. The molecule has 0 spiro atoms. The maximum absolute atomic E-state index is 11.9. The molecule has 1 aromatic heterocycles. The highest BCUT2D eigenvalue weighted by Crippen LogP contribution is 2.54. The van der Waals surface area contributed by atoms with Gasteiger partial charge in [0.25, 0.3) is 0 Å². The summed E-state index contributed by atoms with van der Waals surface area (Å²) in [5, 5.41) is 3.27. The van der Waals surface area contributed by atoms with E-state index in [0.717, 1.165) is 0 Å². The van der Waals surface area contributed by atoms with Crippen molar-refractivity contribution in [2.24, 2.45) is 0 Å². The minimum absolute atomic E-state index is 0.202. The first-order valence-corrected chi connectivity index (χ1v) is 9.96. The summed E-state index contributed by atoms with van der Waals surface area (Å²) in [4.78, 5) is 27.6. The van der Waals surface area contributed by atoms with Gasteiger partial charge in [0.15, 0.2) is 5.78 Å². The molecule has 2 rings (SSSR count). The van der Waals surface area contributed by atoms with Gasteiger partial charge in [0.1, 0.15) is 5.69 Å². The number of allylic oxidation sites excluding steroid dienone is 2. The number of rotatable bonds is 0. The number of nitrogens with zero attached hydrogens (tertiary/aromatic N) is 1. The molecule has 19 heavy (non-hydrogen) atoms. The minimum atomic E-state index is -1.98. The Morgan fingerprint density at radius 3 is 2.32 bits per heavy atom. The summed E-state index contributed by atoms with van der Waals surface area (Å²) in [7, 11) is -1.98. The fourth-order valence-corrected chi connectivity index (χ4v) is 2.17. The standard InChI is InChI=1S/C15H17NO2S/c1-19(2,3,4)10-8-11-7-9-16-15-13(18)6-5-12(17)14(11)15/h5-7,9,19H,1-4H3. The van der Waals surface area contributed by atoms with Gasteiger partial charge in [-0.25, -0.2) is 9.16 Å². The van der Waals surface area contributed by atoms with Gasteiger partial charge in [0.2, 0.25) is 5.78 Å². The zero-order chi connectivity index (χ0) is 14.3. The highest BCUT2D eigenvalue weighted by Gasteiger charge is 2.23. The van der Waals surface area contributed by atoms with Gasteiger partial charge in [-0.1, -0.05) is 11.2 Å². The Kier molecular flexibility index (Phi) is 2.91. The molecule has 0 N–H and O–H groups in total. The summed E-state index contributed by atoms with van der Waals surface area (Å²) in [6.07, 6.45) is 12.6. The van der Waals surface area contributed by atoms with Crippen LogP contribution in [0.3, 0.4) is 0 Å². The molecule has 0 atom stereocenters. The Morgan fingerprint density at radius 1 is 1.05 bits per heavy atom. The van der Waals surface area contributed by atoms with Crippen LogP contribution in [0.25, 0.3) is 0 Å². The molecule has 1 aliphatic rings. The molecule has 1 heterocycles. The lowest BCUT2D eigenvalue weighted by atomic mass is 9.96. The van der Waals surface area contributed by atoms with Gasteiger partial charge in [0, 0.05) is 11.8 Å². The third-order valence-corrected chi connectivity index (χ3v) is 3.46. The van der Waals surface area contributed by atoms with E-state index in [9.17, 15) is 9.59 Å². The van der Waals surface area contributed by atoms with Crippen molar-refractivity contribution in [1.82, 2.24) is 4.98 Å². The van der Waals surface area contributed by atoms with Gasteiger partial charge in [-0.3, -0.25) is 14.6 Å². The largest absolute Gasteiger partial charge is 0.289 e. The summed E-state index contributed by atoms with van der Waals surface area (Å²) < 4.78 is 0. The molecule has 0 unspecified atom stereocenters. The summed E-state index contributed by atoms with van der Waals surface area (Å²) in [5.74, 6) is 2.62. The maximum atomic E-state index is 11.9. The number of thiol groups is 1. The molecule has 0 radical (unpaired) electrons. The molecular weight excluding hydrogens is 258 g/mol. The van der Waals surface area contributed by atoms with Crippen molar-refractivity contribution in [3.05, 3.63) is 41.2 Å². The van der Waals surface area contributed by atoms with Gasteiger partial charge < -0.3 is 0 Å². The molecule has 0 amide bonds. The fourth-order valence-electron chi connectivity index (χ4n) is 1.60. The lowest BCUT2D eigenvalue weighted by Gasteiger charge is -2.40. The van der Waals surface area contributed by atoms with E-state index in [-0.39, 0.29) is 17.3 Å². The number of hydrogen-bond donors (Lipinski definition) is 1. The zero-order valence-electron chi connectivity index (χ0n) is 11.5. The molecular formula is C15H17NO2S. The van der Waals surface area contributed by atoms with Crippen LogP contribution in [0.15, 0.2) is 24.4 Å². The molecule has 1 aliphatic carbocycles. The summed E-state index contributed by atoms with van der Waals surface area (Å²) >= 11 is 0. The first kappa shape index (κ1) is 13.6. The normalized spacial score (nSPS) is 16.1. The van der Waals surface area contributed by atoms with E-state index in [4.69, 9.17) is 0 Å². The Balaban J connectivity index is 2.61. The topological polar surface area (TPSA) is 47.0 Å². The number of ketones is 2. The van der Waals surface area contributed by atoms with Crippen LogP contribution in [0.2, 0.25) is 0 Å². The van der Waals surface area contributed by atoms with E-state index in [2.05, 4.69) is 41.2 Å². The number of carbonyl (C=O) groups is 2. The number of fused-ring (bicyclic) bond motifs is 1. The molecule has 0 aromatic carbocycles. The molecule has 100 valence electrons. The van der Waals surface area contributed by atoms with Crippen molar-refractivity contribution < 1.29 is 9.59 Å². The third kappa shape index (κ3) is 3.12. The highest BCUT2D eigenvalue weighted by molar-refractivity contribution is 8.51. The molecule has 0 fully saturated rings. The van der Waals surface area contributed by atoms with Crippen molar-refractivity contribution in [3.8, 4) is 11.2 Å². The van der Waals surface area contributed by atoms with Crippen LogP contribution in [0.5, 0.6) is 0 Å². The van der Waals surface area contributed by atoms with Crippen LogP contribution < -0.4 is 0 Å². The molecule has 0 saturated carbocycles. The minimum Gasteiger partial charge on any atom is -0.289 e. The Hall–Kier alpha value is -1.86. The fraction of sp³-hybridized carbons (Fsp3) is 0.267. The van der Waals surface area contributed by atoms with Gasteiger partial charge in [-0.2, -0.15) is 0 Å². The van der Waals surface area contributed by atoms with Crippen LogP contribution in [0, 0.1) is 11.2 Å². The average molecular weight is 275 g/mol. The summed E-state index contributed by atoms with van der Waals surface area (Å²) in [6, 6.07) is 1.69. The van der Waals surface area contributed by atoms with Crippen molar-refractivity contribution >= 4 is 20.7 Å². The average Bonchev–Trinajstić information content (AvgIpc) is 2.29. The van der Waals surface area contributed by atoms with Gasteiger partial charge in [-0.15, -0.1) is 0 Å². The van der Waals surface area contributed by atoms with E-state index < -0.39 is 9.16 Å². The predicted octanol–water partition coefficient (Wildman–Crippen LogP) is 1.92. The second-order valence-corrected chi connectivity index (χ2v) is 13.8. The Bertz CT molecular complexity index is 672. The number of pyridine rings is 1. The summed E-state index contributed by atoms with van der Waals surface area (Å²) in [5.41, 5.74) is 1.14. The quantitative estimate of drug-likeness (QED) is 0.581. The number of hydrogen-bond acceptors (Lipinski definition) is 3. The second kappa shape index (κ2) is 4.07. The van der Waals surface area contributed by atoms with Gasteiger partial charge >= 0.3 is 0 Å². The zero-order valence-corrected chi connectivity index (χ0v) is 12.4. The number of carbonyl (C=O) groups excluding carboxylic acids is 2. The molecule has 4 heteroatoms. The van der Waals surface area contributed by atoms with Crippen molar-refractivity contribution in [3.63, 3.8) is 0 Å². The SMILES string of the molecule is C[SH](C)(C)(C)C#Cc1ccnc2c1C(=O)C=CC2=O. The first-order chi connectivity index (χ1) is 8.63. The van der Waals surface area contributed by atoms with Gasteiger partial charge in [0.05, 0.1) is 5.56 Å². The van der Waals surface area contributed by atoms with Crippen molar-refractivity contribution in [1.29, 1.82) is 0 Å². The van der Waals surface area contributed by atoms with E-state index in [1.165, 1.54) is 18.3 Å². The van der Waals surface area contributed by atoms with E-state index in [1.54, 1.807) is 6.07 Å². The van der Waals surface area contributed by atoms with E-state index in [1.807, 2.05) is 0 Å². The highest BCUT2D eigenvalue weighted by atomic mass is 32.3. The van der Waals surface area contributed by atoms with Crippen molar-refractivity contribution in [2.75, 3.05) is 25.0 Å². The third-order valence-electron chi connectivity index (χ3n) is 2.45. The van der Waals surface area contributed by atoms with Gasteiger partial charge in [-0.05, 0) is 43.2 Å². The van der Waals surface area contributed by atoms with Crippen LogP contribution in [0.4, 0.5) is 0 Å². The van der Waals surface area contributed by atoms with Crippen LogP contribution in [-0.4, -0.2) is 41.6 Å². The molecule has 0 bridgehead atoms. The molecule has 3 nitrogen and oxygen atoms in total. The lowest BCUT2D eigenvalue weighted by Crippen LogP contribution is -2.15. The number of aromatic nitrogens is 1. The predicted molar refractivity (Wildman–Crippen MR) is 81.6 cm³/mol. The van der Waals surface area contributed by atoms with Crippen LogP contribution in [-0.2, 0) is 0 Å². The Morgan fingerprint density at radius 2 is 1.68 bits per heavy atom. The second-order valence-electron chi connectivity index (χ2n) is 6.46. The summed E-state index contributed by atoms with van der Waals surface area (Å²) in [6.45, 7) is 0. The molecule has 1 aromatic rings. The van der Waals surface area contributed by atoms with E-state index in [0.29, 0.717) is 11.1 Å². The monoisotopic (exact) mass is 275 g/mol. The van der Waals surface area contributed by atoms with Crippen LogP contribution >= 0.6 is 9.16 Å². The molecule has 0 saturated heterocycles. The lowest BCUT2D eigenvalue weighted by molar-refractivity contribution is 0.0990. The van der Waals surface area contributed by atoms with Crippen LogP contribution in [0.1, 0.15) is 26.4 Å². The molecule has 0 aliphatic heterocycles.